The predicted octanol–water partition coefficient (Wildman–Crippen LogP) is 2.59. The first kappa shape index (κ1) is 13.5. The van der Waals surface area contributed by atoms with Crippen molar-refractivity contribution >= 4 is 5.78 Å². The Labute approximate surface area is 113 Å². The van der Waals surface area contributed by atoms with Crippen LogP contribution in [-0.4, -0.2) is 20.5 Å². The number of hydrogen-bond donors (Lipinski definition) is 0. The van der Waals surface area contributed by atoms with E-state index in [0.717, 1.165) is 35.6 Å². The second-order valence-corrected chi connectivity index (χ2v) is 4.58. The third-order valence-corrected chi connectivity index (χ3v) is 3.14. The average Bonchev–Trinajstić information content (AvgIpc) is 2.81. The topological polar surface area (TPSA) is 47.8 Å². The zero-order valence-corrected chi connectivity index (χ0v) is 11.7. The van der Waals surface area contributed by atoms with Crippen molar-refractivity contribution in [1.29, 1.82) is 0 Å². The highest BCUT2D eigenvalue weighted by Crippen LogP contribution is 2.11. The minimum Gasteiger partial charge on any atom is -0.294 e. The highest BCUT2D eigenvalue weighted by Gasteiger charge is 2.12. The number of carbonyl (C=O) groups is 1. The fraction of sp³-hybridized carbons (Fsp3) is 0.400. The molecule has 0 atom stereocenters. The van der Waals surface area contributed by atoms with Gasteiger partial charge < -0.3 is 0 Å². The third kappa shape index (κ3) is 3.08. The van der Waals surface area contributed by atoms with E-state index in [2.05, 4.69) is 17.0 Å². The number of rotatable bonds is 5. The Morgan fingerprint density at radius 3 is 2.74 bits per heavy atom. The molecular formula is C15H19N3O. The molecule has 2 heterocycles. The molecule has 0 aliphatic heterocycles. The van der Waals surface area contributed by atoms with Crippen LogP contribution in [0.25, 0.3) is 0 Å². The summed E-state index contributed by atoms with van der Waals surface area (Å²) in [6.45, 7) is 6.79. The predicted molar refractivity (Wildman–Crippen MR) is 74.3 cm³/mol. The van der Waals surface area contributed by atoms with Gasteiger partial charge >= 0.3 is 0 Å². The van der Waals surface area contributed by atoms with Crippen LogP contribution in [0.4, 0.5) is 0 Å². The van der Waals surface area contributed by atoms with Crippen molar-refractivity contribution in [2.75, 3.05) is 0 Å². The molecular weight excluding hydrogens is 238 g/mol. The van der Waals surface area contributed by atoms with Gasteiger partial charge in [-0.3, -0.25) is 14.5 Å². The fourth-order valence-corrected chi connectivity index (χ4v) is 2.09. The van der Waals surface area contributed by atoms with Crippen LogP contribution < -0.4 is 0 Å². The molecule has 2 aromatic heterocycles. The highest BCUT2D eigenvalue weighted by molar-refractivity contribution is 5.97. The van der Waals surface area contributed by atoms with Crippen LogP contribution in [0.15, 0.2) is 24.4 Å². The highest BCUT2D eigenvalue weighted by atomic mass is 16.1. The molecule has 0 amide bonds. The number of ketones is 1. The van der Waals surface area contributed by atoms with Crippen molar-refractivity contribution in [1.82, 2.24) is 14.8 Å². The van der Waals surface area contributed by atoms with Crippen molar-refractivity contribution in [3.8, 4) is 0 Å². The largest absolute Gasteiger partial charge is 0.294 e. The average molecular weight is 257 g/mol. The van der Waals surface area contributed by atoms with Gasteiger partial charge in [-0.1, -0.05) is 6.92 Å². The lowest BCUT2D eigenvalue weighted by molar-refractivity contribution is 0.0990. The third-order valence-electron chi connectivity index (χ3n) is 3.14. The van der Waals surface area contributed by atoms with Gasteiger partial charge in [0.25, 0.3) is 0 Å². The Hall–Kier alpha value is -1.97. The zero-order valence-electron chi connectivity index (χ0n) is 11.7. The Kier molecular flexibility index (Phi) is 4.10. The summed E-state index contributed by atoms with van der Waals surface area (Å²) in [5.74, 6) is 0.114. The Morgan fingerprint density at radius 1 is 1.32 bits per heavy atom. The van der Waals surface area contributed by atoms with Crippen LogP contribution in [0.5, 0.6) is 0 Å². The van der Waals surface area contributed by atoms with E-state index in [1.807, 2.05) is 30.7 Å². The van der Waals surface area contributed by atoms with Crippen LogP contribution in [0.1, 0.15) is 41.3 Å². The molecule has 0 radical (unpaired) electrons. The lowest BCUT2D eigenvalue weighted by Gasteiger charge is -2.04. The number of nitrogens with zero attached hydrogens (tertiary/aromatic N) is 3. The molecule has 0 N–H and O–H groups in total. The summed E-state index contributed by atoms with van der Waals surface area (Å²) in [7, 11) is 0. The summed E-state index contributed by atoms with van der Waals surface area (Å²) in [6.07, 6.45) is 2.96. The molecule has 0 fully saturated rings. The number of aromatic nitrogens is 3. The van der Waals surface area contributed by atoms with Crippen molar-refractivity contribution in [3.63, 3.8) is 0 Å². The summed E-state index contributed by atoms with van der Waals surface area (Å²) >= 11 is 0. The Balaban J connectivity index is 2.21. The Morgan fingerprint density at radius 2 is 2.11 bits per heavy atom. The molecule has 0 aliphatic carbocycles. The van der Waals surface area contributed by atoms with Gasteiger partial charge in [-0.15, -0.1) is 0 Å². The molecule has 0 bridgehead atoms. The van der Waals surface area contributed by atoms with Gasteiger partial charge in [0.2, 0.25) is 0 Å². The maximum Gasteiger partial charge on any atom is 0.168 e. The van der Waals surface area contributed by atoms with E-state index in [0.29, 0.717) is 6.42 Å². The summed E-state index contributed by atoms with van der Waals surface area (Å²) in [5, 5.41) is 4.46. The molecule has 0 saturated heterocycles. The van der Waals surface area contributed by atoms with Crippen LogP contribution in [0.2, 0.25) is 0 Å². The smallest absolute Gasteiger partial charge is 0.168 e. The first-order chi connectivity index (χ1) is 9.13. The first-order valence-electron chi connectivity index (χ1n) is 6.65. The van der Waals surface area contributed by atoms with Gasteiger partial charge in [-0.2, -0.15) is 5.10 Å². The van der Waals surface area contributed by atoms with Gasteiger partial charge in [0.05, 0.1) is 12.1 Å². The molecule has 2 aromatic rings. The van der Waals surface area contributed by atoms with E-state index < -0.39 is 0 Å². The molecule has 0 aliphatic rings. The SMILES string of the molecule is CCc1cc(CC(=O)c2ccnc(C)c2)n(CC)n1. The molecule has 0 aromatic carbocycles. The second-order valence-electron chi connectivity index (χ2n) is 4.58. The van der Waals surface area contributed by atoms with Crippen molar-refractivity contribution in [2.24, 2.45) is 0 Å². The zero-order chi connectivity index (χ0) is 13.8. The number of hydrogen-bond acceptors (Lipinski definition) is 3. The van der Waals surface area contributed by atoms with Gasteiger partial charge in [0.1, 0.15) is 0 Å². The monoisotopic (exact) mass is 257 g/mol. The van der Waals surface area contributed by atoms with Gasteiger partial charge in [0, 0.05) is 29.7 Å². The van der Waals surface area contributed by atoms with Crippen molar-refractivity contribution in [2.45, 2.75) is 40.2 Å². The standard InChI is InChI=1S/C15H19N3O/c1-4-13-9-14(18(5-2)17-13)10-15(19)12-6-7-16-11(3)8-12/h6-9H,4-5,10H2,1-3H3. The van der Waals surface area contributed by atoms with Gasteiger partial charge in [-0.05, 0) is 38.5 Å². The number of pyridine rings is 1. The van der Waals surface area contributed by atoms with Crippen LogP contribution in [-0.2, 0) is 19.4 Å². The normalized spacial score (nSPS) is 10.7. The molecule has 19 heavy (non-hydrogen) atoms. The maximum atomic E-state index is 12.3. The van der Waals surface area contributed by atoms with Crippen LogP contribution >= 0.6 is 0 Å². The molecule has 4 nitrogen and oxygen atoms in total. The minimum absolute atomic E-state index is 0.114. The lowest BCUT2D eigenvalue weighted by atomic mass is 10.1. The first-order valence-corrected chi connectivity index (χ1v) is 6.65. The fourth-order valence-electron chi connectivity index (χ4n) is 2.09. The van der Waals surface area contributed by atoms with Crippen LogP contribution in [0, 0.1) is 6.92 Å². The molecule has 0 spiro atoms. The molecule has 4 heteroatoms. The second kappa shape index (κ2) is 5.78. The van der Waals surface area contributed by atoms with E-state index in [4.69, 9.17) is 0 Å². The van der Waals surface area contributed by atoms with E-state index in [9.17, 15) is 4.79 Å². The number of Topliss-reactive ketones (excluding diaryl/α,β-unsaturated/α-hetero) is 1. The van der Waals surface area contributed by atoms with E-state index in [1.54, 1.807) is 12.3 Å². The number of aryl methyl sites for hydroxylation is 3. The molecule has 0 unspecified atom stereocenters. The van der Waals surface area contributed by atoms with Crippen molar-refractivity contribution < 1.29 is 4.79 Å². The number of carbonyl (C=O) groups excluding carboxylic acids is 1. The molecule has 2 rings (SSSR count). The lowest BCUT2D eigenvalue weighted by Crippen LogP contribution is -2.10. The van der Waals surface area contributed by atoms with E-state index in [-0.39, 0.29) is 5.78 Å². The minimum atomic E-state index is 0.114. The summed E-state index contributed by atoms with van der Waals surface area (Å²) in [6, 6.07) is 5.62. The van der Waals surface area contributed by atoms with E-state index >= 15 is 0 Å². The van der Waals surface area contributed by atoms with Crippen molar-refractivity contribution in [3.05, 3.63) is 47.0 Å². The summed E-state index contributed by atoms with van der Waals surface area (Å²) in [4.78, 5) is 16.4. The maximum absolute atomic E-state index is 12.3. The van der Waals surface area contributed by atoms with E-state index in [1.165, 1.54) is 0 Å². The molecule has 100 valence electrons. The van der Waals surface area contributed by atoms with Gasteiger partial charge in [0.15, 0.2) is 5.78 Å². The Bertz CT molecular complexity index is 587. The summed E-state index contributed by atoms with van der Waals surface area (Å²) in [5.41, 5.74) is 3.60. The summed E-state index contributed by atoms with van der Waals surface area (Å²) < 4.78 is 1.91. The quantitative estimate of drug-likeness (QED) is 0.773. The van der Waals surface area contributed by atoms with Crippen LogP contribution in [0.3, 0.4) is 0 Å². The van der Waals surface area contributed by atoms with Gasteiger partial charge in [-0.25, -0.2) is 0 Å². The molecule has 0 saturated carbocycles.